The third-order valence-corrected chi connectivity index (χ3v) is 7.92. The second-order valence-electron chi connectivity index (χ2n) is 8.39. The minimum Gasteiger partial charge on any atom is -0.396 e. The molecule has 1 N–H and O–H groups in total. The highest BCUT2D eigenvalue weighted by molar-refractivity contribution is 7.91. The van der Waals surface area contributed by atoms with Crippen molar-refractivity contribution in [1.82, 2.24) is 14.5 Å². The minimum atomic E-state index is -3.42. The fourth-order valence-corrected chi connectivity index (χ4v) is 6.46. The van der Waals surface area contributed by atoms with Crippen LogP contribution >= 0.6 is 0 Å². The van der Waals surface area contributed by atoms with Gasteiger partial charge in [-0.3, -0.25) is 4.90 Å². The van der Waals surface area contributed by atoms with E-state index in [2.05, 4.69) is 9.88 Å². The molecule has 0 amide bonds. The van der Waals surface area contributed by atoms with E-state index in [9.17, 15) is 13.5 Å². The molecule has 8 heteroatoms. The molecule has 1 aromatic heterocycles. The fourth-order valence-electron chi connectivity index (χ4n) is 4.60. The Morgan fingerprint density at radius 3 is 2.64 bits per heavy atom. The van der Waals surface area contributed by atoms with Crippen LogP contribution in [0.2, 0.25) is 0 Å². The molecule has 0 aromatic carbocycles. The molecular formula is C20H35N3O4S. The third-order valence-electron chi connectivity index (χ3n) is 6.13. The van der Waals surface area contributed by atoms with E-state index in [4.69, 9.17) is 4.74 Å². The normalized spacial score (nSPS) is 22.6. The van der Waals surface area contributed by atoms with Gasteiger partial charge in [0, 0.05) is 33.4 Å². The van der Waals surface area contributed by atoms with Gasteiger partial charge < -0.3 is 14.4 Å². The van der Waals surface area contributed by atoms with E-state index in [0.717, 1.165) is 57.3 Å². The Bertz CT molecular complexity index is 713. The monoisotopic (exact) mass is 413 g/mol. The number of imidazole rings is 1. The highest BCUT2D eigenvalue weighted by Crippen LogP contribution is 2.27. The predicted octanol–water partition coefficient (Wildman–Crippen LogP) is 2.09. The molecule has 1 atom stereocenters. The lowest BCUT2D eigenvalue weighted by molar-refractivity contribution is 0.113. The van der Waals surface area contributed by atoms with Gasteiger partial charge in [-0.2, -0.15) is 0 Å². The second-order valence-corrected chi connectivity index (χ2v) is 10.3. The van der Waals surface area contributed by atoms with Crippen LogP contribution in [0.4, 0.5) is 0 Å². The van der Waals surface area contributed by atoms with Crippen LogP contribution in [0.3, 0.4) is 0 Å². The van der Waals surface area contributed by atoms with E-state index in [1.54, 1.807) is 13.3 Å². The molecule has 1 aromatic rings. The molecule has 3 rings (SSSR count). The molecule has 0 bridgehead atoms. The van der Waals surface area contributed by atoms with E-state index in [1.165, 1.54) is 6.42 Å². The fraction of sp³-hybridized carbons (Fsp3) is 0.850. The number of ether oxygens (including phenoxy) is 1. The van der Waals surface area contributed by atoms with Gasteiger partial charge in [-0.05, 0) is 44.1 Å². The molecule has 0 spiro atoms. The topological polar surface area (TPSA) is 84.7 Å². The molecule has 0 unspecified atom stereocenters. The van der Waals surface area contributed by atoms with Gasteiger partial charge in [-0.15, -0.1) is 0 Å². The maximum atomic E-state index is 13.1. The smallest absolute Gasteiger partial charge is 0.227 e. The quantitative estimate of drug-likeness (QED) is 0.667. The minimum absolute atomic E-state index is 0.195. The zero-order valence-electron chi connectivity index (χ0n) is 17.1. The number of hydrogen-bond acceptors (Lipinski definition) is 6. The van der Waals surface area contributed by atoms with Gasteiger partial charge in [-0.25, -0.2) is 13.4 Å². The number of sulfone groups is 1. The van der Waals surface area contributed by atoms with Crippen molar-refractivity contribution in [2.75, 3.05) is 39.2 Å². The molecule has 7 nitrogen and oxygen atoms in total. The standard InChI is InChI=1S/C20H35N3O4S/c1-27-11-10-23-19(14-22-9-5-8-18(13-22)15-24)12-21-20(23)28(25,26)16-17-6-3-2-4-7-17/h12,17-18,24H,2-11,13-16H2,1H3/t18-/m0/s1. The summed E-state index contributed by atoms with van der Waals surface area (Å²) in [5.41, 5.74) is 0.915. The Morgan fingerprint density at radius 2 is 1.93 bits per heavy atom. The lowest BCUT2D eigenvalue weighted by Crippen LogP contribution is -2.37. The van der Waals surface area contributed by atoms with E-state index in [1.807, 2.05) is 4.57 Å². The number of aromatic nitrogens is 2. The molecule has 1 saturated carbocycles. The number of likely N-dealkylation sites (tertiary alicyclic amines) is 1. The van der Waals surface area contributed by atoms with Crippen LogP contribution in [-0.2, 0) is 27.7 Å². The summed E-state index contributed by atoms with van der Waals surface area (Å²) in [5, 5.41) is 9.67. The Kier molecular flexibility index (Phi) is 7.91. The van der Waals surface area contributed by atoms with Crippen molar-refractivity contribution >= 4 is 9.84 Å². The van der Waals surface area contributed by atoms with Crippen LogP contribution in [0.25, 0.3) is 0 Å². The van der Waals surface area contributed by atoms with Crippen molar-refractivity contribution in [3.05, 3.63) is 11.9 Å². The number of nitrogens with zero attached hydrogens (tertiary/aromatic N) is 3. The molecule has 2 heterocycles. The number of aliphatic hydroxyl groups excluding tert-OH is 1. The number of aliphatic hydroxyl groups is 1. The lowest BCUT2D eigenvalue weighted by atomic mass is 9.91. The molecule has 1 aliphatic heterocycles. The first-order valence-electron chi connectivity index (χ1n) is 10.6. The third kappa shape index (κ3) is 5.55. The average molecular weight is 414 g/mol. The molecule has 28 heavy (non-hydrogen) atoms. The number of rotatable bonds is 9. The molecule has 1 saturated heterocycles. The average Bonchev–Trinajstić information content (AvgIpc) is 3.10. The van der Waals surface area contributed by atoms with Crippen molar-refractivity contribution in [3.63, 3.8) is 0 Å². The first-order valence-corrected chi connectivity index (χ1v) is 12.3. The van der Waals surface area contributed by atoms with Crippen LogP contribution < -0.4 is 0 Å². The van der Waals surface area contributed by atoms with Crippen molar-refractivity contribution in [2.45, 2.75) is 63.2 Å². The zero-order chi connectivity index (χ0) is 20.0. The number of piperidine rings is 1. The van der Waals surface area contributed by atoms with Gasteiger partial charge in [0.25, 0.3) is 0 Å². The summed E-state index contributed by atoms with van der Waals surface area (Å²) >= 11 is 0. The highest BCUT2D eigenvalue weighted by atomic mass is 32.2. The second kappa shape index (κ2) is 10.2. The number of methoxy groups -OCH3 is 1. The Morgan fingerprint density at radius 1 is 1.18 bits per heavy atom. The van der Waals surface area contributed by atoms with Crippen LogP contribution in [0.5, 0.6) is 0 Å². The van der Waals surface area contributed by atoms with Crippen LogP contribution in [-0.4, -0.2) is 67.1 Å². The molecule has 160 valence electrons. The molecule has 2 fully saturated rings. The Labute approximate surface area is 169 Å². The van der Waals surface area contributed by atoms with E-state index >= 15 is 0 Å². The van der Waals surface area contributed by atoms with Crippen molar-refractivity contribution in [1.29, 1.82) is 0 Å². The Hall–Kier alpha value is -0.960. The lowest BCUT2D eigenvalue weighted by Gasteiger charge is -2.31. The van der Waals surface area contributed by atoms with E-state index < -0.39 is 9.84 Å². The first-order chi connectivity index (χ1) is 13.5. The summed E-state index contributed by atoms with van der Waals surface area (Å²) in [6.45, 7) is 3.62. The number of hydrogen-bond donors (Lipinski definition) is 1. The highest BCUT2D eigenvalue weighted by Gasteiger charge is 2.29. The van der Waals surface area contributed by atoms with Crippen molar-refractivity contribution in [3.8, 4) is 0 Å². The van der Waals surface area contributed by atoms with E-state index in [0.29, 0.717) is 25.6 Å². The van der Waals surface area contributed by atoms with Crippen LogP contribution in [0.1, 0.15) is 50.6 Å². The van der Waals surface area contributed by atoms with Gasteiger partial charge in [0.05, 0.1) is 24.3 Å². The summed E-state index contributed by atoms with van der Waals surface area (Å²) in [6.07, 6.45) is 9.30. The summed E-state index contributed by atoms with van der Waals surface area (Å²) in [5.74, 6) is 0.757. The van der Waals surface area contributed by atoms with Crippen molar-refractivity contribution < 1.29 is 18.3 Å². The molecular weight excluding hydrogens is 378 g/mol. The van der Waals surface area contributed by atoms with Crippen LogP contribution in [0, 0.1) is 11.8 Å². The molecule has 0 radical (unpaired) electrons. The summed E-state index contributed by atoms with van der Waals surface area (Å²) in [6, 6.07) is 0. The summed E-state index contributed by atoms with van der Waals surface area (Å²) < 4.78 is 33.3. The van der Waals surface area contributed by atoms with Gasteiger partial charge in [-0.1, -0.05) is 19.3 Å². The van der Waals surface area contributed by atoms with Crippen molar-refractivity contribution in [2.24, 2.45) is 11.8 Å². The maximum Gasteiger partial charge on any atom is 0.227 e. The maximum absolute atomic E-state index is 13.1. The summed E-state index contributed by atoms with van der Waals surface area (Å²) in [4.78, 5) is 6.65. The van der Waals surface area contributed by atoms with E-state index in [-0.39, 0.29) is 23.4 Å². The molecule has 1 aliphatic carbocycles. The van der Waals surface area contributed by atoms with Gasteiger partial charge in [0.2, 0.25) is 15.0 Å². The largest absolute Gasteiger partial charge is 0.396 e. The predicted molar refractivity (Wildman–Crippen MR) is 108 cm³/mol. The zero-order valence-corrected chi connectivity index (χ0v) is 17.9. The molecule has 2 aliphatic rings. The summed E-state index contributed by atoms with van der Waals surface area (Å²) in [7, 11) is -1.79. The first kappa shape index (κ1) is 21.7. The Balaban J connectivity index is 1.77. The van der Waals surface area contributed by atoms with Gasteiger partial charge in [0.1, 0.15) is 0 Å². The van der Waals surface area contributed by atoms with Gasteiger partial charge in [0.15, 0.2) is 0 Å². The SMILES string of the molecule is COCCn1c(CN2CCC[C@H](CO)C2)cnc1S(=O)(=O)CC1CCCCC1. The van der Waals surface area contributed by atoms with Crippen LogP contribution in [0.15, 0.2) is 11.4 Å². The van der Waals surface area contributed by atoms with Gasteiger partial charge >= 0.3 is 0 Å².